The van der Waals surface area contributed by atoms with E-state index in [1.807, 2.05) is 26.0 Å². The number of rotatable bonds is 4. The molecule has 0 fully saturated rings. The second kappa shape index (κ2) is 8.33. The summed E-state index contributed by atoms with van der Waals surface area (Å²) >= 11 is 0. The van der Waals surface area contributed by atoms with E-state index >= 15 is 0 Å². The lowest BCUT2D eigenvalue weighted by molar-refractivity contribution is 0.966. The Hall–Kier alpha value is -1.80. The predicted molar refractivity (Wildman–Crippen MR) is 84.2 cm³/mol. The molecule has 2 aromatic rings. The number of hydrogen-bond acceptors (Lipinski definition) is 2. The molecule has 102 valence electrons. The Morgan fingerprint density at radius 2 is 1.16 bits per heavy atom. The zero-order valence-corrected chi connectivity index (χ0v) is 11.9. The van der Waals surface area contributed by atoms with Crippen molar-refractivity contribution in [2.45, 2.75) is 26.7 Å². The van der Waals surface area contributed by atoms with Gasteiger partial charge in [-0.2, -0.15) is 0 Å². The second-order valence-corrected chi connectivity index (χ2v) is 4.27. The Kier molecular flexibility index (Phi) is 6.69. The van der Waals surface area contributed by atoms with Crippen molar-refractivity contribution in [1.82, 2.24) is 0 Å². The van der Waals surface area contributed by atoms with E-state index in [1.54, 1.807) is 0 Å². The van der Waals surface area contributed by atoms with Crippen LogP contribution in [0.3, 0.4) is 0 Å². The predicted octanol–water partition coefficient (Wildman–Crippen LogP) is 3.39. The van der Waals surface area contributed by atoms with E-state index in [-0.39, 0.29) is 0 Å². The minimum Gasteiger partial charge on any atom is -0.399 e. The van der Waals surface area contributed by atoms with Gasteiger partial charge in [-0.1, -0.05) is 50.2 Å². The third-order valence-electron chi connectivity index (χ3n) is 2.84. The number of benzene rings is 2. The third-order valence-corrected chi connectivity index (χ3v) is 2.84. The van der Waals surface area contributed by atoms with Gasteiger partial charge in [-0.3, -0.25) is 0 Å². The Balaban J connectivity index is 0.000000861. The van der Waals surface area contributed by atoms with Crippen LogP contribution in [-0.2, 0) is 12.8 Å². The molecule has 0 aliphatic rings. The van der Waals surface area contributed by atoms with Crippen LogP contribution in [0.15, 0.2) is 48.5 Å². The van der Waals surface area contributed by atoms with Crippen LogP contribution in [-0.4, -0.2) is 6.54 Å². The van der Waals surface area contributed by atoms with Gasteiger partial charge in [0.05, 0.1) is 0 Å². The summed E-state index contributed by atoms with van der Waals surface area (Å²) in [5.74, 6) is 0. The van der Waals surface area contributed by atoms with Gasteiger partial charge in [-0.05, 0) is 48.2 Å². The normalized spacial score (nSPS) is 9.63. The molecule has 2 nitrogen and oxygen atoms in total. The zero-order valence-electron chi connectivity index (χ0n) is 11.9. The van der Waals surface area contributed by atoms with E-state index in [0.29, 0.717) is 6.54 Å². The van der Waals surface area contributed by atoms with Gasteiger partial charge < -0.3 is 11.5 Å². The van der Waals surface area contributed by atoms with Gasteiger partial charge in [0.1, 0.15) is 0 Å². The van der Waals surface area contributed by atoms with Crippen molar-refractivity contribution in [2.24, 2.45) is 5.73 Å². The van der Waals surface area contributed by atoms with Gasteiger partial charge in [0, 0.05) is 5.69 Å². The number of hydrogen-bond donors (Lipinski definition) is 2. The quantitative estimate of drug-likeness (QED) is 0.824. The van der Waals surface area contributed by atoms with Gasteiger partial charge in [0.25, 0.3) is 0 Å². The lowest BCUT2D eigenvalue weighted by Crippen LogP contribution is -2.02. The van der Waals surface area contributed by atoms with Crippen LogP contribution < -0.4 is 11.5 Å². The average molecular weight is 256 g/mol. The van der Waals surface area contributed by atoms with Crippen LogP contribution >= 0.6 is 0 Å². The molecule has 0 aromatic heterocycles. The fraction of sp³-hybridized carbons (Fsp3) is 0.294. The molecule has 0 saturated heterocycles. The largest absolute Gasteiger partial charge is 0.399 e. The van der Waals surface area contributed by atoms with Crippen LogP contribution in [0.1, 0.15) is 30.5 Å². The van der Waals surface area contributed by atoms with Gasteiger partial charge in [0.15, 0.2) is 0 Å². The molecule has 0 atom stereocenters. The molecule has 0 radical (unpaired) electrons. The van der Waals surface area contributed by atoms with Gasteiger partial charge in [0.2, 0.25) is 0 Å². The maximum atomic E-state index is 5.66. The number of nitrogen functional groups attached to an aromatic ring is 1. The summed E-state index contributed by atoms with van der Waals surface area (Å²) in [5.41, 5.74) is 15.9. The summed E-state index contributed by atoms with van der Waals surface area (Å²) in [6, 6.07) is 16.7. The summed E-state index contributed by atoms with van der Waals surface area (Å²) in [7, 11) is 0. The molecule has 19 heavy (non-hydrogen) atoms. The molecule has 2 aromatic carbocycles. The fourth-order valence-electron chi connectivity index (χ4n) is 1.86. The summed E-state index contributed by atoms with van der Waals surface area (Å²) < 4.78 is 0. The molecule has 0 unspecified atom stereocenters. The maximum Gasteiger partial charge on any atom is 0.0314 e. The molecule has 0 spiro atoms. The van der Waals surface area contributed by atoms with Gasteiger partial charge in [-0.15, -0.1) is 0 Å². The first kappa shape index (κ1) is 15.3. The van der Waals surface area contributed by atoms with E-state index in [0.717, 1.165) is 18.5 Å². The zero-order chi connectivity index (χ0) is 14.1. The summed E-state index contributed by atoms with van der Waals surface area (Å²) in [6.07, 6.45) is 1.89. The first-order valence-electron chi connectivity index (χ1n) is 6.90. The van der Waals surface area contributed by atoms with E-state index in [1.165, 1.54) is 16.7 Å². The third kappa shape index (κ3) is 5.14. The molecule has 2 rings (SSSR count). The molecule has 0 aliphatic heterocycles. The summed E-state index contributed by atoms with van der Waals surface area (Å²) in [5, 5.41) is 0. The minimum absolute atomic E-state index is 0.706. The second-order valence-electron chi connectivity index (χ2n) is 4.27. The molecule has 4 N–H and O–H groups in total. The SMILES string of the molecule is CC.NCCc1ccc(Cc2ccc(N)cc2)cc1. The Labute approximate surface area is 116 Å². The molecule has 0 amide bonds. The van der Waals surface area contributed by atoms with Crippen molar-refractivity contribution < 1.29 is 0 Å². The van der Waals surface area contributed by atoms with Crippen molar-refractivity contribution in [3.05, 3.63) is 65.2 Å². The highest BCUT2D eigenvalue weighted by atomic mass is 14.5. The molecular formula is C17H24N2. The van der Waals surface area contributed by atoms with Crippen LogP contribution in [0.2, 0.25) is 0 Å². The highest BCUT2D eigenvalue weighted by Crippen LogP contribution is 2.12. The van der Waals surface area contributed by atoms with E-state index in [4.69, 9.17) is 11.5 Å². The number of anilines is 1. The minimum atomic E-state index is 0.706. The van der Waals surface area contributed by atoms with Crippen molar-refractivity contribution in [2.75, 3.05) is 12.3 Å². The van der Waals surface area contributed by atoms with Crippen molar-refractivity contribution in [1.29, 1.82) is 0 Å². The highest BCUT2D eigenvalue weighted by Gasteiger charge is 1.97. The van der Waals surface area contributed by atoms with Gasteiger partial charge in [-0.25, -0.2) is 0 Å². The molecule has 0 bridgehead atoms. The topological polar surface area (TPSA) is 52.0 Å². The lowest BCUT2D eigenvalue weighted by Gasteiger charge is -2.04. The molecule has 2 heteroatoms. The summed E-state index contributed by atoms with van der Waals surface area (Å²) in [6.45, 7) is 4.71. The van der Waals surface area contributed by atoms with Gasteiger partial charge >= 0.3 is 0 Å². The molecule has 0 heterocycles. The van der Waals surface area contributed by atoms with E-state index < -0.39 is 0 Å². The molecule has 0 aliphatic carbocycles. The average Bonchev–Trinajstić information content (AvgIpc) is 2.46. The molecule has 0 saturated carbocycles. The first-order valence-corrected chi connectivity index (χ1v) is 6.90. The Morgan fingerprint density at radius 1 is 0.737 bits per heavy atom. The Morgan fingerprint density at radius 3 is 1.63 bits per heavy atom. The highest BCUT2D eigenvalue weighted by molar-refractivity contribution is 5.40. The van der Waals surface area contributed by atoms with Crippen LogP contribution in [0.5, 0.6) is 0 Å². The smallest absolute Gasteiger partial charge is 0.0314 e. The number of nitrogens with two attached hydrogens (primary N) is 2. The van der Waals surface area contributed by atoms with Crippen LogP contribution in [0, 0.1) is 0 Å². The van der Waals surface area contributed by atoms with Crippen LogP contribution in [0.25, 0.3) is 0 Å². The summed E-state index contributed by atoms with van der Waals surface area (Å²) in [4.78, 5) is 0. The lowest BCUT2D eigenvalue weighted by atomic mass is 10.0. The standard InChI is InChI=1S/C15H18N2.C2H6/c16-10-9-12-1-3-13(4-2-12)11-14-5-7-15(17)8-6-14;1-2/h1-8H,9-11,16-17H2;1-2H3. The van der Waals surface area contributed by atoms with E-state index in [9.17, 15) is 0 Å². The van der Waals surface area contributed by atoms with Crippen molar-refractivity contribution in [3.8, 4) is 0 Å². The first-order chi connectivity index (χ1) is 9.28. The monoisotopic (exact) mass is 256 g/mol. The van der Waals surface area contributed by atoms with Crippen molar-refractivity contribution >= 4 is 5.69 Å². The fourth-order valence-corrected chi connectivity index (χ4v) is 1.86. The molecular weight excluding hydrogens is 232 g/mol. The maximum absolute atomic E-state index is 5.66. The Bertz CT molecular complexity index is 458. The van der Waals surface area contributed by atoms with Crippen molar-refractivity contribution in [3.63, 3.8) is 0 Å². The van der Waals surface area contributed by atoms with E-state index in [2.05, 4.69) is 36.4 Å². The van der Waals surface area contributed by atoms with Crippen LogP contribution in [0.4, 0.5) is 5.69 Å².